The molecule has 0 aliphatic rings. The van der Waals surface area contributed by atoms with Crippen molar-refractivity contribution < 1.29 is 23.1 Å². The fourth-order valence-corrected chi connectivity index (χ4v) is 4.84. The van der Waals surface area contributed by atoms with E-state index in [1.165, 1.54) is 31.4 Å². The summed E-state index contributed by atoms with van der Waals surface area (Å²) in [5.74, 6) is -0.859. The van der Waals surface area contributed by atoms with Crippen molar-refractivity contribution in [1.82, 2.24) is 9.99 Å². The third-order valence-electron chi connectivity index (χ3n) is 5.46. The predicted octanol–water partition coefficient (Wildman–Crippen LogP) is 2.87. The number of carbonyl (C=O) groups excluding carboxylic acids is 1. The molecule has 1 amide bonds. The van der Waals surface area contributed by atoms with Crippen molar-refractivity contribution in [3.8, 4) is 23.4 Å². The van der Waals surface area contributed by atoms with Gasteiger partial charge >= 0.3 is 0 Å². The lowest BCUT2D eigenvalue weighted by atomic mass is 10.1. The Bertz CT molecular complexity index is 1770. The van der Waals surface area contributed by atoms with E-state index in [1.54, 1.807) is 54.6 Å². The zero-order chi connectivity index (χ0) is 27.3. The summed E-state index contributed by atoms with van der Waals surface area (Å²) in [7, 11) is -2.70. The molecular weight excluding hydrogens is 510 g/mol. The molecule has 38 heavy (non-hydrogen) atoms. The number of carbonyl (C=O) groups is 1. The smallest absolute Gasteiger partial charge is 0.265 e. The second-order valence-electron chi connectivity index (χ2n) is 7.85. The first-order valence-corrected chi connectivity index (χ1v) is 12.6. The first-order valence-electron chi connectivity index (χ1n) is 11.1. The van der Waals surface area contributed by atoms with E-state index in [0.717, 1.165) is 10.8 Å². The fraction of sp³-hybridized carbons (Fsp3) is 0.0769. The van der Waals surface area contributed by atoms with Crippen LogP contribution in [0, 0.1) is 11.3 Å². The van der Waals surface area contributed by atoms with Crippen molar-refractivity contribution in [2.75, 3.05) is 11.8 Å². The number of rotatable bonds is 8. The summed E-state index contributed by atoms with van der Waals surface area (Å²) in [5, 5.41) is 24.1. The zero-order valence-corrected chi connectivity index (χ0v) is 20.8. The Kier molecular flexibility index (Phi) is 7.40. The van der Waals surface area contributed by atoms with Crippen LogP contribution in [0.1, 0.15) is 12.0 Å². The Labute approximate surface area is 217 Å². The minimum absolute atomic E-state index is 0.0734. The number of aromatic nitrogens is 1. The van der Waals surface area contributed by atoms with Gasteiger partial charge in [-0.05, 0) is 36.4 Å². The fourth-order valence-electron chi connectivity index (χ4n) is 3.73. The highest BCUT2D eigenvalue weighted by Gasteiger charge is 2.20. The monoisotopic (exact) mass is 531 g/mol. The highest BCUT2D eigenvalue weighted by atomic mass is 32.2. The van der Waals surface area contributed by atoms with Crippen LogP contribution in [-0.4, -0.2) is 37.3 Å². The molecule has 0 aliphatic carbocycles. The van der Waals surface area contributed by atoms with Gasteiger partial charge in [0.15, 0.2) is 0 Å². The molecule has 192 valence electrons. The molecule has 0 fully saturated rings. The molecule has 1 aromatic heterocycles. The number of pyridine rings is 1. The third kappa shape index (κ3) is 5.18. The minimum Gasteiger partial charge on any atom is -0.495 e. The van der Waals surface area contributed by atoms with E-state index in [0.29, 0.717) is 11.1 Å². The normalized spacial score (nSPS) is 11.3. The maximum Gasteiger partial charge on any atom is 0.265 e. The van der Waals surface area contributed by atoms with Crippen molar-refractivity contribution in [1.29, 1.82) is 5.26 Å². The molecule has 0 atom stereocenters. The average Bonchev–Trinajstić information content (AvgIpc) is 2.91. The highest BCUT2D eigenvalue weighted by molar-refractivity contribution is 7.92. The van der Waals surface area contributed by atoms with E-state index in [1.807, 2.05) is 0 Å². The summed E-state index contributed by atoms with van der Waals surface area (Å²) in [6.45, 7) is 0. The van der Waals surface area contributed by atoms with Crippen LogP contribution < -0.4 is 20.4 Å². The lowest BCUT2D eigenvalue weighted by Crippen LogP contribution is -2.21. The van der Waals surface area contributed by atoms with Gasteiger partial charge in [0.2, 0.25) is 5.88 Å². The Morgan fingerprint density at radius 1 is 1.11 bits per heavy atom. The van der Waals surface area contributed by atoms with Gasteiger partial charge in [-0.15, -0.1) is 0 Å². The third-order valence-corrected chi connectivity index (χ3v) is 6.83. The molecular formula is C26H21N5O6S. The van der Waals surface area contributed by atoms with Crippen molar-refractivity contribution in [3.05, 3.63) is 88.7 Å². The average molecular weight is 532 g/mol. The highest BCUT2D eigenvalue weighted by Crippen LogP contribution is 2.29. The van der Waals surface area contributed by atoms with E-state index in [-0.39, 0.29) is 27.2 Å². The number of hydrogen-bond acceptors (Lipinski definition) is 8. The van der Waals surface area contributed by atoms with E-state index in [4.69, 9.17) is 10.00 Å². The van der Waals surface area contributed by atoms with Crippen LogP contribution in [0.5, 0.6) is 11.6 Å². The second-order valence-corrected chi connectivity index (χ2v) is 9.54. The van der Waals surface area contributed by atoms with E-state index >= 15 is 0 Å². The Balaban J connectivity index is 1.82. The minimum atomic E-state index is -4.11. The predicted molar refractivity (Wildman–Crippen MR) is 141 cm³/mol. The van der Waals surface area contributed by atoms with Crippen molar-refractivity contribution in [2.24, 2.45) is 5.10 Å². The summed E-state index contributed by atoms with van der Waals surface area (Å²) in [4.78, 5) is 24.8. The molecule has 1 heterocycles. The largest absolute Gasteiger partial charge is 0.495 e. The molecule has 0 saturated carbocycles. The van der Waals surface area contributed by atoms with Gasteiger partial charge < -0.3 is 9.84 Å². The van der Waals surface area contributed by atoms with Crippen LogP contribution in [0.2, 0.25) is 0 Å². The van der Waals surface area contributed by atoms with Gasteiger partial charge in [0.05, 0.1) is 41.2 Å². The molecule has 0 bridgehead atoms. The summed E-state index contributed by atoms with van der Waals surface area (Å²) < 4.78 is 34.9. The zero-order valence-electron chi connectivity index (χ0n) is 20.0. The van der Waals surface area contributed by atoms with Gasteiger partial charge in [0, 0.05) is 10.8 Å². The number of amides is 1. The van der Waals surface area contributed by atoms with E-state index < -0.39 is 33.8 Å². The van der Waals surface area contributed by atoms with Gasteiger partial charge in [-0.25, -0.2) is 18.4 Å². The summed E-state index contributed by atoms with van der Waals surface area (Å²) in [6, 6.07) is 20.1. The first-order chi connectivity index (χ1) is 18.3. The Morgan fingerprint density at radius 2 is 1.82 bits per heavy atom. The Hall–Kier alpha value is -5.15. The molecule has 0 spiro atoms. The molecule has 12 heteroatoms. The van der Waals surface area contributed by atoms with Crippen LogP contribution in [0.4, 0.5) is 5.69 Å². The van der Waals surface area contributed by atoms with Crippen LogP contribution in [0.15, 0.2) is 87.6 Å². The van der Waals surface area contributed by atoms with Gasteiger partial charge in [0.1, 0.15) is 12.2 Å². The summed E-state index contributed by atoms with van der Waals surface area (Å²) in [5.41, 5.74) is 1.96. The van der Waals surface area contributed by atoms with Gasteiger partial charge in [-0.3, -0.25) is 14.3 Å². The molecule has 4 aromatic rings. The second kappa shape index (κ2) is 10.9. The summed E-state index contributed by atoms with van der Waals surface area (Å²) in [6.07, 6.45) is 0.737. The SMILES string of the molecule is COc1ccccc1NS(=O)(=O)c1cccc(-n2c(O)c(C=NNC(=O)CC#N)c3ccccc3c2=O)c1. The standard InChI is InChI=1S/C26H21N5O6S/c1-37-23-12-5-4-11-22(23)30-38(35,36)18-8-6-7-17(15-18)31-25(33)20-10-3-2-9-19(20)21(26(31)34)16-28-29-24(32)13-14-27/h2-12,15-16,30,34H,13H2,1H3,(H,29,32). The first kappa shape index (κ1) is 25.9. The molecule has 0 radical (unpaired) electrons. The number of hydrazone groups is 1. The Morgan fingerprint density at radius 3 is 2.55 bits per heavy atom. The maximum absolute atomic E-state index is 13.4. The lowest BCUT2D eigenvalue weighted by Gasteiger charge is -2.15. The van der Waals surface area contributed by atoms with Gasteiger partial charge in [-0.1, -0.05) is 36.4 Å². The number of fused-ring (bicyclic) bond motifs is 1. The number of ether oxygens (including phenoxy) is 1. The molecule has 3 aromatic carbocycles. The van der Waals surface area contributed by atoms with Crippen LogP contribution in [0.3, 0.4) is 0 Å². The van der Waals surface area contributed by atoms with Crippen LogP contribution in [0.25, 0.3) is 16.5 Å². The lowest BCUT2D eigenvalue weighted by molar-refractivity contribution is -0.120. The number of nitriles is 1. The van der Waals surface area contributed by atoms with E-state index in [9.17, 15) is 23.1 Å². The van der Waals surface area contributed by atoms with Gasteiger partial charge in [-0.2, -0.15) is 10.4 Å². The molecule has 0 unspecified atom stereocenters. The number of nitrogens with one attached hydrogen (secondary N) is 2. The van der Waals surface area contributed by atoms with Crippen molar-refractivity contribution >= 4 is 38.6 Å². The van der Waals surface area contributed by atoms with Crippen molar-refractivity contribution in [2.45, 2.75) is 11.3 Å². The number of nitrogens with zero attached hydrogens (tertiary/aromatic N) is 3. The quantitative estimate of drug-likeness (QED) is 0.232. The van der Waals surface area contributed by atoms with Crippen LogP contribution in [-0.2, 0) is 14.8 Å². The molecule has 3 N–H and O–H groups in total. The number of sulfonamides is 1. The number of aromatic hydroxyl groups is 1. The maximum atomic E-state index is 13.4. The molecule has 0 aliphatic heterocycles. The number of anilines is 1. The topological polar surface area (TPSA) is 163 Å². The molecule has 0 saturated heterocycles. The number of methoxy groups -OCH3 is 1. The number of benzene rings is 3. The molecule has 11 nitrogen and oxygen atoms in total. The van der Waals surface area contributed by atoms with E-state index in [2.05, 4.69) is 15.2 Å². The summed E-state index contributed by atoms with van der Waals surface area (Å²) >= 11 is 0. The van der Waals surface area contributed by atoms with Crippen molar-refractivity contribution in [3.63, 3.8) is 0 Å². The number of para-hydroxylation sites is 2. The molecule has 4 rings (SSSR count). The van der Waals surface area contributed by atoms with Crippen LogP contribution >= 0.6 is 0 Å². The van der Waals surface area contributed by atoms with Gasteiger partial charge in [0.25, 0.3) is 21.5 Å². The number of hydrogen-bond donors (Lipinski definition) is 3.